The molecule has 0 saturated carbocycles. The van der Waals surface area contributed by atoms with Crippen molar-refractivity contribution in [2.75, 3.05) is 32.7 Å². The van der Waals surface area contributed by atoms with Gasteiger partial charge in [0.2, 0.25) is 0 Å². The fraction of sp³-hybridized carbons (Fsp3) is 0.588. The first-order valence-corrected chi connectivity index (χ1v) is 8.36. The van der Waals surface area contributed by atoms with E-state index in [9.17, 15) is 15.0 Å². The van der Waals surface area contributed by atoms with Crippen molar-refractivity contribution < 1.29 is 15.0 Å². The largest absolute Gasteiger partial charge is 0.508 e. The van der Waals surface area contributed by atoms with E-state index in [1.807, 2.05) is 0 Å². The predicted octanol–water partition coefficient (Wildman–Crippen LogP) is 1.60. The number of aromatic hydroxyl groups is 1. The highest BCUT2D eigenvalue weighted by atomic mass is 16.3. The molecule has 6 nitrogen and oxygen atoms in total. The van der Waals surface area contributed by atoms with Crippen LogP contribution in [0, 0.1) is 0 Å². The molecule has 1 aliphatic heterocycles. The molecule has 1 heterocycles. The van der Waals surface area contributed by atoms with Gasteiger partial charge in [-0.3, -0.25) is 0 Å². The van der Waals surface area contributed by atoms with Gasteiger partial charge in [0, 0.05) is 13.1 Å². The lowest BCUT2D eigenvalue weighted by Crippen LogP contribution is -2.38. The van der Waals surface area contributed by atoms with E-state index in [-0.39, 0.29) is 18.3 Å². The van der Waals surface area contributed by atoms with Gasteiger partial charge in [0.05, 0.1) is 6.10 Å². The topological polar surface area (TPSA) is 84.8 Å². The van der Waals surface area contributed by atoms with Gasteiger partial charge < -0.3 is 25.7 Å². The zero-order valence-electron chi connectivity index (χ0n) is 13.5. The molecule has 0 radical (unpaired) electrons. The van der Waals surface area contributed by atoms with Crippen molar-refractivity contribution in [1.82, 2.24) is 15.5 Å². The zero-order valence-corrected chi connectivity index (χ0v) is 13.5. The molecule has 23 heavy (non-hydrogen) atoms. The Kier molecular flexibility index (Phi) is 7.16. The van der Waals surface area contributed by atoms with Gasteiger partial charge in [-0.25, -0.2) is 4.79 Å². The molecule has 0 aliphatic carbocycles. The number of benzene rings is 1. The van der Waals surface area contributed by atoms with Crippen LogP contribution in [-0.4, -0.2) is 53.9 Å². The van der Waals surface area contributed by atoms with Crippen molar-refractivity contribution in [3.63, 3.8) is 0 Å². The molecule has 0 aromatic heterocycles. The van der Waals surface area contributed by atoms with E-state index in [0.29, 0.717) is 12.1 Å². The lowest BCUT2D eigenvalue weighted by molar-refractivity contribution is 0.173. The molecule has 0 unspecified atom stereocenters. The molecule has 1 aromatic rings. The Morgan fingerprint density at radius 3 is 2.52 bits per heavy atom. The quantitative estimate of drug-likeness (QED) is 0.548. The molecular weight excluding hydrogens is 294 g/mol. The number of aliphatic hydroxyl groups excluding tert-OH is 1. The van der Waals surface area contributed by atoms with Crippen LogP contribution in [0.2, 0.25) is 0 Å². The number of nitrogens with one attached hydrogen (secondary N) is 2. The van der Waals surface area contributed by atoms with Gasteiger partial charge >= 0.3 is 6.03 Å². The molecule has 128 valence electrons. The Balaban J connectivity index is 1.53. The van der Waals surface area contributed by atoms with Crippen molar-refractivity contribution in [1.29, 1.82) is 0 Å². The minimum absolute atomic E-state index is 0.143. The maximum absolute atomic E-state index is 11.7. The zero-order chi connectivity index (χ0) is 16.5. The first-order valence-electron chi connectivity index (χ1n) is 8.36. The smallest absolute Gasteiger partial charge is 0.314 e. The molecular formula is C17H27N3O3. The third-order valence-electron chi connectivity index (χ3n) is 4.12. The molecule has 0 bridgehead atoms. The second-order valence-corrected chi connectivity index (χ2v) is 6.00. The molecule has 2 amide bonds. The average Bonchev–Trinajstić information content (AvgIpc) is 3.06. The van der Waals surface area contributed by atoms with Crippen LogP contribution in [0.4, 0.5) is 4.79 Å². The molecule has 0 spiro atoms. The van der Waals surface area contributed by atoms with Crippen molar-refractivity contribution in [2.24, 2.45) is 0 Å². The van der Waals surface area contributed by atoms with E-state index in [0.717, 1.165) is 19.4 Å². The first-order chi connectivity index (χ1) is 11.1. The lowest BCUT2D eigenvalue weighted by atomic mass is 10.1. The fourth-order valence-corrected chi connectivity index (χ4v) is 2.73. The fourth-order valence-electron chi connectivity index (χ4n) is 2.73. The summed E-state index contributed by atoms with van der Waals surface area (Å²) in [6.45, 7) is 4.33. The summed E-state index contributed by atoms with van der Waals surface area (Å²) < 4.78 is 0. The number of unbranched alkanes of at least 4 members (excludes halogenated alkanes) is 1. The van der Waals surface area contributed by atoms with Crippen LogP contribution in [-0.2, 0) is 0 Å². The maximum Gasteiger partial charge on any atom is 0.314 e. The number of urea groups is 1. The Hall–Kier alpha value is -1.79. The summed E-state index contributed by atoms with van der Waals surface area (Å²) in [7, 11) is 0. The molecule has 1 aromatic carbocycles. The highest BCUT2D eigenvalue weighted by Crippen LogP contribution is 2.15. The van der Waals surface area contributed by atoms with Gasteiger partial charge in [-0.2, -0.15) is 0 Å². The van der Waals surface area contributed by atoms with Crippen LogP contribution in [0.5, 0.6) is 5.75 Å². The molecule has 1 saturated heterocycles. The monoisotopic (exact) mass is 321 g/mol. The third-order valence-corrected chi connectivity index (χ3v) is 4.12. The van der Waals surface area contributed by atoms with E-state index in [1.165, 1.54) is 38.1 Å². The number of amides is 2. The van der Waals surface area contributed by atoms with Gasteiger partial charge in [-0.1, -0.05) is 12.1 Å². The number of carbonyl (C=O) groups excluding carboxylic acids is 1. The maximum atomic E-state index is 11.7. The number of nitrogens with zero attached hydrogens (tertiary/aromatic N) is 1. The number of rotatable bonds is 8. The van der Waals surface area contributed by atoms with Gasteiger partial charge in [-0.05, 0) is 63.0 Å². The normalized spacial score (nSPS) is 16.2. The number of carbonyl (C=O) groups is 1. The number of hydrogen-bond acceptors (Lipinski definition) is 4. The highest BCUT2D eigenvalue weighted by Gasteiger charge is 2.11. The molecule has 1 fully saturated rings. The van der Waals surface area contributed by atoms with E-state index in [4.69, 9.17) is 0 Å². The van der Waals surface area contributed by atoms with Crippen LogP contribution in [0.1, 0.15) is 37.4 Å². The van der Waals surface area contributed by atoms with E-state index < -0.39 is 6.10 Å². The van der Waals surface area contributed by atoms with Gasteiger partial charge in [-0.15, -0.1) is 0 Å². The summed E-state index contributed by atoms with van der Waals surface area (Å²) in [6.07, 6.45) is 3.89. The molecule has 4 N–H and O–H groups in total. The van der Waals surface area contributed by atoms with E-state index >= 15 is 0 Å². The van der Waals surface area contributed by atoms with E-state index in [2.05, 4.69) is 15.5 Å². The third kappa shape index (κ3) is 6.46. The van der Waals surface area contributed by atoms with Crippen LogP contribution in [0.15, 0.2) is 24.3 Å². The number of aliphatic hydroxyl groups is 1. The molecule has 1 aliphatic rings. The summed E-state index contributed by atoms with van der Waals surface area (Å²) in [5, 5.41) is 24.6. The van der Waals surface area contributed by atoms with Crippen LogP contribution >= 0.6 is 0 Å². The number of likely N-dealkylation sites (tertiary alicyclic amines) is 1. The van der Waals surface area contributed by atoms with Crippen LogP contribution in [0.3, 0.4) is 0 Å². The number of hydrogen-bond donors (Lipinski definition) is 4. The predicted molar refractivity (Wildman–Crippen MR) is 89.4 cm³/mol. The van der Waals surface area contributed by atoms with E-state index in [1.54, 1.807) is 12.1 Å². The Bertz CT molecular complexity index is 472. The van der Waals surface area contributed by atoms with Crippen molar-refractivity contribution in [3.8, 4) is 5.75 Å². The van der Waals surface area contributed by atoms with Crippen LogP contribution in [0.25, 0.3) is 0 Å². The number of phenolic OH excluding ortho intramolecular Hbond substituents is 1. The van der Waals surface area contributed by atoms with Gasteiger partial charge in [0.1, 0.15) is 5.75 Å². The second kappa shape index (κ2) is 9.37. The second-order valence-electron chi connectivity index (χ2n) is 6.00. The summed E-state index contributed by atoms with van der Waals surface area (Å²) >= 11 is 0. The van der Waals surface area contributed by atoms with Gasteiger partial charge in [0.25, 0.3) is 0 Å². The van der Waals surface area contributed by atoms with Crippen molar-refractivity contribution >= 4 is 6.03 Å². The number of phenols is 1. The highest BCUT2D eigenvalue weighted by molar-refractivity contribution is 5.73. The average molecular weight is 321 g/mol. The minimum Gasteiger partial charge on any atom is -0.508 e. The van der Waals surface area contributed by atoms with Crippen molar-refractivity contribution in [3.05, 3.63) is 29.8 Å². The minimum atomic E-state index is -0.781. The SMILES string of the molecule is O=C(NCCCCN1CCCC1)NC[C@@H](O)c1ccc(O)cc1. The Morgan fingerprint density at radius 2 is 1.83 bits per heavy atom. The van der Waals surface area contributed by atoms with Crippen molar-refractivity contribution in [2.45, 2.75) is 31.8 Å². The molecule has 2 rings (SSSR count). The summed E-state index contributed by atoms with van der Waals surface area (Å²) in [4.78, 5) is 14.1. The summed E-state index contributed by atoms with van der Waals surface area (Å²) in [5.74, 6) is 0.153. The molecule has 1 atom stereocenters. The standard InChI is InChI=1S/C17H27N3O3/c21-15-7-5-14(6-8-15)16(22)13-19-17(23)18-9-1-2-10-20-11-3-4-12-20/h5-8,16,21-22H,1-4,9-13H2,(H2,18,19,23)/t16-/m1/s1. The Labute approximate surface area is 137 Å². The lowest BCUT2D eigenvalue weighted by Gasteiger charge is -2.15. The van der Waals surface area contributed by atoms with Gasteiger partial charge in [0.15, 0.2) is 0 Å². The first kappa shape index (κ1) is 17.6. The van der Waals surface area contributed by atoms with Crippen LogP contribution < -0.4 is 10.6 Å². The summed E-state index contributed by atoms with van der Waals surface area (Å²) in [5.41, 5.74) is 0.661. The Morgan fingerprint density at radius 1 is 1.13 bits per heavy atom. The molecule has 6 heteroatoms. The summed E-state index contributed by atoms with van der Waals surface area (Å²) in [6, 6.07) is 6.04.